The van der Waals surface area contributed by atoms with Crippen molar-refractivity contribution in [1.82, 2.24) is 29.8 Å². The normalized spacial score (nSPS) is 15.1. The van der Waals surface area contributed by atoms with Crippen LogP contribution in [0.25, 0.3) is 22.6 Å². The lowest BCUT2D eigenvalue weighted by atomic mass is 9.76. The van der Waals surface area contributed by atoms with Crippen molar-refractivity contribution in [2.45, 2.75) is 31.7 Å². The van der Waals surface area contributed by atoms with Crippen molar-refractivity contribution < 1.29 is 13.7 Å². The fourth-order valence-electron chi connectivity index (χ4n) is 4.26. The molecule has 1 aliphatic carbocycles. The molecule has 10 heteroatoms. The molecule has 0 radical (unpaired) electrons. The summed E-state index contributed by atoms with van der Waals surface area (Å²) in [6, 6.07) is 10.9. The van der Waals surface area contributed by atoms with E-state index < -0.39 is 11.4 Å². The van der Waals surface area contributed by atoms with Crippen LogP contribution in [0.4, 0.5) is 10.2 Å². The third-order valence-electron chi connectivity index (χ3n) is 6.63. The van der Waals surface area contributed by atoms with Crippen LogP contribution in [0.2, 0.25) is 0 Å². The van der Waals surface area contributed by atoms with E-state index in [1.165, 1.54) is 4.90 Å². The van der Waals surface area contributed by atoms with Crippen LogP contribution < -0.4 is 5.73 Å². The maximum Gasteiger partial charge on any atom is 0.261 e. The van der Waals surface area contributed by atoms with E-state index in [0.29, 0.717) is 34.3 Å². The van der Waals surface area contributed by atoms with Gasteiger partial charge in [-0.2, -0.15) is 14.5 Å². The number of halogens is 1. The van der Waals surface area contributed by atoms with Gasteiger partial charge in [-0.05, 0) is 48.9 Å². The molecule has 1 aromatic carbocycles. The van der Waals surface area contributed by atoms with Crippen molar-refractivity contribution >= 4 is 11.7 Å². The van der Waals surface area contributed by atoms with Crippen LogP contribution >= 0.6 is 0 Å². The van der Waals surface area contributed by atoms with Gasteiger partial charge in [0.2, 0.25) is 11.9 Å². The first kappa shape index (κ1) is 22.7. The standard InChI is InChI=1S/C25H26FN7O2/c1-25(18-8-9-18,17-6-4-15(5-7-17)19-10-11-20(27)29-22(19)26)24-30-23(35-31-24)16-12-28-33(13-16)14-21(34)32(2)3/h4-7,10-13,18H,8-9,14H2,1-3H3,(H2,27,29). The van der Waals surface area contributed by atoms with Gasteiger partial charge in [-0.3, -0.25) is 9.48 Å². The van der Waals surface area contributed by atoms with Gasteiger partial charge in [-0.25, -0.2) is 4.98 Å². The van der Waals surface area contributed by atoms with E-state index in [-0.39, 0.29) is 18.3 Å². The number of nitrogens with zero attached hydrogens (tertiary/aromatic N) is 6. The molecule has 3 aromatic heterocycles. The molecular formula is C25H26FN7O2. The van der Waals surface area contributed by atoms with Crippen molar-refractivity contribution in [3.8, 4) is 22.6 Å². The molecule has 35 heavy (non-hydrogen) atoms. The van der Waals surface area contributed by atoms with Crippen LogP contribution in [0.5, 0.6) is 0 Å². The first-order chi connectivity index (χ1) is 16.8. The second kappa shape index (κ2) is 8.61. The second-order valence-corrected chi connectivity index (χ2v) is 9.27. The van der Waals surface area contributed by atoms with Crippen LogP contribution in [0, 0.1) is 11.9 Å². The molecule has 1 unspecified atom stereocenters. The Hall–Kier alpha value is -4.08. The molecule has 9 nitrogen and oxygen atoms in total. The lowest BCUT2D eigenvalue weighted by Crippen LogP contribution is -2.28. The molecule has 1 atom stereocenters. The van der Waals surface area contributed by atoms with Crippen molar-refractivity contribution in [3.05, 3.63) is 66.1 Å². The average Bonchev–Trinajstić information content (AvgIpc) is 3.39. The quantitative estimate of drug-likeness (QED) is 0.407. The third-order valence-corrected chi connectivity index (χ3v) is 6.63. The fraction of sp³-hybridized carbons (Fsp3) is 0.320. The summed E-state index contributed by atoms with van der Waals surface area (Å²) in [5, 5.41) is 8.56. The molecule has 0 bridgehead atoms. The number of benzene rings is 1. The predicted molar refractivity (Wildman–Crippen MR) is 127 cm³/mol. The monoisotopic (exact) mass is 475 g/mol. The summed E-state index contributed by atoms with van der Waals surface area (Å²) >= 11 is 0. The summed E-state index contributed by atoms with van der Waals surface area (Å²) in [5.74, 6) is 0.784. The highest BCUT2D eigenvalue weighted by molar-refractivity contribution is 5.75. The maximum absolute atomic E-state index is 14.3. The van der Waals surface area contributed by atoms with Crippen molar-refractivity contribution in [1.29, 1.82) is 0 Å². The van der Waals surface area contributed by atoms with Gasteiger partial charge in [0.05, 0.1) is 17.2 Å². The van der Waals surface area contributed by atoms with Gasteiger partial charge in [0.15, 0.2) is 5.82 Å². The summed E-state index contributed by atoms with van der Waals surface area (Å²) in [6.45, 7) is 2.24. The topological polar surface area (TPSA) is 116 Å². The molecule has 3 heterocycles. The SMILES string of the molecule is CN(C)C(=O)Cn1cc(-c2nc(C(C)(c3ccc(-c4ccc(N)nc4F)cc3)C3CC3)no2)cn1. The molecule has 1 saturated carbocycles. The Bertz CT molecular complexity index is 1370. The summed E-state index contributed by atoms with van der Waals surface area (Å²) in [7, 11) is 3.40. The summed E-state index contributed by atoms with van der Waals surface area (Å²) < 4.78 is 21.4. The number of hydrogen-bond donors (Lipinski definition) is 1. The molecule has 0 saturated heterocycles. The van der Waals surface area contributed by atoms with Crippen molar-refractivity contribution in [3.63, 3.8) is 0 Å². The Kier molecular flexibility index (Phi) is 5.58. The Balaban J connectivity index is 1.42. The molecule has 4 aromatic rings. The molecular weight excluding hydrogens is 449 g/mol. The predicted octanol–water partition coefficient (Wildman–Crippen LogP) is 3.52. The van der Waals surface area contributed by atoms with Crippen molar-refractivity contribution in [2.75, 3.05) is 19.8 Å². The number of carbonyl (C=O) groups excluding carboxylic acids is 1. The highest BCUT2D eigenvalue weighted by Gasteiger charge is 2.47. The van der Waals surface area contributed by atoms with Gasteiger partial charge < -0.3 is 15.2 Å². The van der Waals surface area contributed by atoms with Crippen molar-refractivity contribution in [2.24, 2.45) is 5.92 Å². The lowest BCUT2D eigenvalue weighted by molar-refractivity contribution is -0.129. The summed E-state index contributed by atoms with van der Waals surface area (Å²) in [4.78, 5) is 21.9. The van der Waals surface area contributed by atoms with E-state index in [4.69, 9.17) is 15.2 Å². The van der Waals surface area contributed by atoms with Gasteiger partial charge >= 0.3 is 0 Å². The Labute approximate surface area is 201 Å². The van der Waals surface area contributed by atoms with E-state index in [1.807, 2.05) is 24.3 Å². The largest absolute Gasteiger partial charge is 0.384 e. The molecule has 1 fully saturated rings. The first-order valence-electron chi connectivity index (χ1n) is 11.4. The number of nitrogens with two attached hydrogens (primary N) is 1. The highest BCUT2D eigenvalue weighted by Crippen LogP contribution is 2.50. The smallest absolute Gasteiger partial charge is 0.261 e. The summed E-state index contributed by atoms with van der Waals surface area (Å²) in [6.07, 6.45) is 5.45. The molecule has 1 aliphatic rings. The minimum absolute atomic E-state index is 0.0646. The Morgan fingerprint density at radius 1 is 1.17 bits per heavy atom. The molecule has 1 amide bonds. The third kappa shape index (κ3) is 4.27. The number of amides is 1. The zero-order chi connectivity index (χ0) is 24.7. The number of hydrogen-bond acceptors (Lipinski definition) is 7. The second-order valence-electron chi connectivity index (χ2n) is 9.27. The first-order valence-corrected chi connectivity index (χ1v) is 11.4. The van der Waals surface area contributed by atoms with Gasteiger partial charge in [-0.1, -0.05) is 29.4 Å². The average molecular weight is 476 g/mol. The number of nitrogen functional groups attached to an aromatic ring is 1. The van der Waals surface area contributed by atoms with E-state index >= 15 is 0 Å². The van der Waals surface area contributed by atoms with E-state index in [9.17, 15) is 9.18 Å². The molecule has 2 N–H and O–H groups in total. The minimum atomic E-state index is -0.599. The van der Waals surface area contributed by atoms with Gasteiger partial charge in [0, 0.05) is 25.9 Å². The van der Waals surface area contributed by atoms with E-state index in [1.54, 1.807) is 43.3 Å². The molecule has 180 valence electrons. The Morgan fingerprint density at radius 3 is 2.57 bits per heavy atom. The van der Waals surface area contributed by atoms with Gasteiger partial charge in [0.1, 0.15) is 12.4 Å². The highest BCUT2D eigenvalue weighted by atomic mass is 19.1. The number of aromatic nitrogens is 5. The van der Waals surface area contributed by atoms with Crippen LogP contribution in [-0.2, 0) is 16.8 Å². The number of carbonyl (C=O) groups is 1. The molecule has 0 spiro atoms. The minimum Gasteiger partial charge on any atom is -0.384 e. The maximum atomic E-state index is 14.3. The number of likely N-dealkylation sites (N-methyl/N-ethyl adjacent to an activating group) is 1. The van der Waals surface area contributed by atoms with E-state index in [0.717, 1.165) is 18.4 Å². The van der Waals surface area contributed by atoms with Gasteiger partial charge in [-0.15, -0.1) is 0 Å². The lowest BCUT2D eigenvalue weighted by Gasteiger charge is -2.27. The van der Waals surface area contributed by atoms with Crippen LogP contribution in [-0.4, -0.2) is 49.8 Å². The Morgan fingerprint density at radius 2 is 1.91 bits per heavy atom. The summed E-state index contributed by atoms with van der Waals surface area (Å²) in [5.41, 5.74) is 7.89. The van der Waals surface area contributed by atoms with E-state index in [2.05, 4.69) is 22.2 Å². The van der Waals surface area contributed by atoms with Crippen LogP contribution in [0.1, 0.15) is 31.2 Å². The number of rotatable bonds is 7. The molecule has 5 rings (SSSR count). The van der Waals surface area contributed by atoms with Crippen LogP contribution in [0.3, 0.4) is 0 Å². The number of anilines is 1. The fourth-order valence-corrected chi connectivity index (χ4v) is 4.26. The van der Waals surface area contributed by atoms with Gasteiger partial charge in [0.25, 0.3) is 5.89 Å². The molecule has 0 aliphatic heterocycles. The number of pyridine rings is 1. The van der Waals surface area contributed by atoms with Crippen LogP contribution in [0.15, 0.2) is 53.3 Å². The zero-order valence-corrected chi connectivity index (χ0v) is 19.8. The zero-order valence-electron chi connectivity index (χ0n) is 19.8.